The molecule has 1 unspecified atom stereocenters. The van der Waals surface area contributed by atoms with E-state index in [0.29, 0.717) is 19.1 Å². The zero-order valence-corrected chi connectivity index (χ0v) is 15.9. The van der Waals surface area contributed by atoms with Crippen LogP contribution in [0.3, 0.4) is 0 Å². The van der Waals surface area contributed by atoms with Crippen molar-refractivity contribution in [3.05, 3.63) is 58.7 Å². The summed E-state index contributed by atoms with van der Waals surface area (Å²) < 4.78 is 17.8. The molecular formula is C22H28O3. The fraction of sp³-hybridized carbons (Fsp3) is 0.455. The molecule has 0 spiro atoms. The number of ether oxygens (including phenoxy) is 3. The molecule has 0 saturated heterocycles. The minimum absolute atomic E-state index is 0.489. The van der Waals surface area contributed by atoms with Crippen LogP contribution in [-0.4, -0.2) is 5.79 Å². The summed E-state index contributed by atoms with van der Waals surface area (Å²) in [6.45, 7) is 11.5. The Bertz CT molecular complexity index is 732. The first-order valence-corrected chi connectivity index (χ1v) is 9.06. The molecule has 3 rings (SSSR count). The summed E-state index contributed by atoms with van der Waals surface area (Å²) in [4.78, 5) is 0. The lowest BCUT2D eigenvalue weighted by Gasteiger charge is -2.34. The lowest BCUT2D eigenvalue weighted by atomic mass is 9.99. The van der Waals surface area contributed by atoms with Crippen LogP contribution < -0.4 is 9.47 Å². The first-order chi connectivity index (χ1) is 11.9. The predicted molar refractivity (Wildman–Crippen MR) is 100 cm³/mol. The van der Waals surface area contributed by atoms with Gasteiger partial charge in [-0.15, -0.1) is 0 Å². The highest BCUT2D eigenvalue weighted by molar-refractivity contribution is 5.45. The van der Waals surface area contributed by atoms with E-state index in [1.54, 1.807) is 0 Å². The molecule has 134 valence electrons. The van der Waals surface area contributed by atoms with E-state index in [2.05, 4.69) is 57.2 Å². The van der Waals surface area contributed by atoms with Crippen molar-refractivity contribution in [1.29, 1.82) is 0 Å². The van der Waals surface area contributed by atoms with Crippen LogP contribution in [0.2, 0.25) is 0 Å². The minimum atomic E-state index is -0.602. The summed E-state index contributed by atoms with van der Waals surface area (Å²) in [6, 6.07) is 12.7. The molecule has 2 aromatic rings. The van der Waals surface area contributed by atoms with Gasteiger partial charge in [-0.3, -0.25) is 0 Å². The Morgan fingerprint density at radius 2 is 1.88 bits per heavy atom. The number of hydrogen-bond donors (Lipinski definition) is 0. The number of aryl methyl sites for hydroxylation is 1. The molecule has 1 atom stereocenters. The zero-order valence-electron chi connectivity index (χ0n) is 15.9. The quantitative estimate of drug-likeness (QED) is 0.695. The molecule has 25 heavy (non-hydrogen) atoms. The van der Waals surface area contributed by atoms with E-state index in [1.165, 1.54) is 11.1 Å². The van der Waals surface area contributed by atoms with Crippen LogP contribution in [0.25, 0.3) is 0 Å². The van der Waals surface area contributed by atoms with E-state index in [1.807, 2.05) is 13.8 Å². The summed E-state index contributed by atoms with van der Waals surface area (Å²) in [5, 5.41) is 0. The Morgan fingerprint density at radius 3 is 2.56 bits per heavy atom. The second kappa shape index (κ2) is 7.09. The number of benzene rings is 2. The Labute approximate surface area is 150 Å². The van der Waals surface area contributed by atoms with E-state index >= 15 is 0 Å². The van der Waals surface area contributed by atoms with Gasteiger partial charge < -0.3 is 14.2 Å². The Balaban J connectivity index is 1.76. The van der Waals surface area contributed by atoms with Gasteiger partial charge in [-0.05, 0) is 43.0 Å². The van der Waals surface area contributed by atoms with Crippen LogP contribution in [0.1, 0.15) is 62.3 Å². The number of fused-ring (bicyclic) bond motifs is 1. The third-order valence-electron chi connectivity index (χ3n) is 4.77. The van der Waals surface area contributed by atoms with E-state index in [0.717, 1.165) is 29.0 Å². The average Bonchev–Trinajstić information content (AvgIpc) is 2.59. The molecule has 0 amide bonds. The minimum Gasteiger partial charge on any atom is -0.489 e. The monoisotopic (exact) mass is 340 g/mol. The lowest BCUT2D eigenvalue weighted by molar-refractivity contribution is -0.180. The van der Waals surface area contributed by atoms with Gasteiger partial charge in [-0.2, -0.15) is 0 Å². The Morgan fingerprint density at radius 1 is 1.16 bits per heavy atom. The first kappa shape index (κ1) is 17.8. The smallest absolute Gasteiger partial charge is 0.205 e. The highest BCUT2D eigenvalue weighted by Crippen LogP contribution is 2.36. The number of rotatable bonds is 5. The van der Waals surface area contributed by atoms with Crippen LogP contribution in [0.5, 0.6) is 11.5 Å². The third kappa shape index (κ3) is 4.16. The van der Waals surface area contributed by atoms with E-state index < -0.39 is 5.79 Å². The molecule has 3 heteroatoms. The molecule has 0 aliphatic carbocycles. The molecule has 0 aromatic heterocycles. The molecule has 0 radical (unpaired) electrons. The SMILES string of the molecule is CCC(C)c1ccc(OCc2cc(C)cc3c2OC(C)(C)OC3)cc1. The van der Waals surface area contributed by atoms with Crippen LogP contribution in [0, 0.1) is 6.92 Å². The van der Waals surface area contributed by atoms with Crippen molar-refractivity contribution in [3.63, 3.8) is 0 Å². The molecule has 1 aliphatic rings. The molecule has 3 nitrogen and oxygen atoms in total. The highest BCUT2D eigenvalue weighted by atomic mass is 16.7. The van der Waals surface area contributed by atoms with Crippen molar-refractivity contribution in [2.24, 2.45) is 0 Å². The van der Waals surface area contributed by atoms with Gasteiger partial charge >= 0.3 is 0 Å². The van der Waals surface area contributed by atoms with Gasteiger partial charge in [-0.1, -0.05) is 37.6 Å². The van der Waals surface area contributed by atoms with Gasteiger partial charge in [0, 0.05) is 25.0 Å². The van der Waals surface area contributed by atoms with E-state index in [-0.39, 0.29) is 0 Å². The van der Waals surface area contributed by atoms with Crippen molar-refractivity contribution in [1.82, 2.24) is 0 Å². The second-order valence-corrected chi connectivity index (χ2v) is 7.37. The maximum absolute atomic E-state index is 6.06. The molecule has 0 bridgehead atoms. The molecule has 0 fully saturated rings. The molecule has 1 aliphatic heterocycles. The van der Waals surface area contributed by atoms with Gasteiger partial charge in [0.25, 0.3) is 0 Å². The summed E-state index contributed by atoms with van der Waals surface area (Å²) in [7, 11) is 0. The molecule has 0 N–H and O–H groups in total. The largest absolute Gasteiger partial charge is 0.489 e. The first-order valence-electron chi connectivity index (χ1n) is 9.06. The highest BCUT2D eigenvalue weighted by Gasteiger charge is 2.29. The molecule has 0 saturated carbocycles. The van der Waals surface area contributed by atoms with Gasteiger partial charge in [-0.25, -0.2) is 0 Å². The predicted octanol–water partition coefficient (Wildman–Crippen LogP) is 5.73. The normalized spacial score (nSPS) is 16.7. The van der Waals surface area contributed by atoms with Crippen molar-refractivity contribution in [2.45, 2.75) is 66.0 Å². The van der Waals surface area contributed by atoms with Gasteiger partial charge in [0.05, 0.1) is 6.61 Å². The summed E-state index contributed by atoms with van der Waals surface area (Å²) in [5.41, 5.74) is 4.70. The number of hydrogen-bond acceptors (Lipinski definition) is 3. The topological polar surface area (TPSA) is 27.7 Å². The molecule has 1 heterocycles. The zero-order chi connectivity index (χ0) is 18.0. The maximum atomic E-state index is 6.06. The maximum Gasteiger partial charge on any atom is 0.205 e. The van der Waals surface area contributed by atoms with Gasteiger partial charge in [0.15, 0.2) is 0 Å². The summed E-state index contributed by atoms with van der Waals surface area (Å²) >= 11 is 0. The average molecular weight is 340 g/mol. The van der Waals surface area contributed by atoms with Crippen LogP contribution in [-0.2, 0) is 18.0 Å². The van der Waals surface area contributed by atoms with Gasteiger partial charge in [0.2, 0.25) is 5.79 Å². The fourth-order valence-electron chi connectivity index (χ4n) is 3.09. The molecular weight excluding hydrogens is 312 g/mol. The Kier molecular flexibility index (Phi) is 5.05. The van der Waals surface area contributed by atoms with Crippen molar-refractivity contribution < 1.29 is 14.2 Å². The van der Waals surface area contributed by atoms with Gasteiger partial charge in [0.1, 0.15) is 18.1 Å². The summed E-state index contributed by atoms with van der Waals surface area (Å²) in [6.07, 6.45) is 1.14. The molecule has 2 aromatic carbocycles. The second-order valence-electron chi connectivity index (χ2n) is 7.37. The van der Waals surface area contributed by atoms with E-state index in [4.69, 9.17) is 14.2 Å². The van der Waals surface area contributed by atoms with Crippen molar-refractivity contribution >= 4 is 0 Å². The standard InChI is InChI=1S/C22H28O3/c1-6-16(3)17-7-9-20(10-8-17)23-13-18-11-15(2)12-19-14-24-22(4,5)25-21(18)19/h7-12,16H,6,13-14H2,1-5H3. The van der Waals surface area contributed by atoms with Crippen LogP contribution in [0.4, 0.5) is 0 Å². The Hall–Kier alpha value is -2.00. The fourth-order valence-corrected chi connectivity index (χ4v) is 3.09. The van der Waals surface area contributed by atoms with Crippen LogP contribution >= 0.6 is 0 Å². The summed E-state index contributed by atoms with van der Waals surface area (Å²) in [5.74, 6) is 1.76. The lowest BCUT2D eigenvalue weighted by Crippen LogP contribution is -2.36. The van der Waals surface area contributed by atoms with E-state index in [9.17, 15) is 0 Å². The van der Waals surface area contributed by atoms with Crippen molar-refractivity contribution in [3.8, 4) is 11.5 Å². The third-order valence-corrected chi connectivity index (χ3v) is 4.77. The van der Waals surface area contributed by atoms with Crippen molar-refractivity contribution in [2.75, 3.05) is 0 Å². The van der Waals surface area contributed by atoms with Crippen LogP contribution in [0.15, 0.2) is 36.4 Å².